The predicted octanol–water partition coefficient (Wildman–Crippen LogP) is 2.33. The van der Waals surface area contributed by atoms with Crippen molar-refractivity contribution in [2.24, 2.45) is 0 Å². The van der Waals surface area contributed by atoms with Crippen molar-refractivity contribution in [3.63, 3.8) is 0 Å². The van der Waals surface area contributed by atoms with Gasteiger partial charge in [0.15, 0.2) is 17.4 Å². The molecule has 0 unspecified atom stereocenters. The van der Waals surface area contributed by atoms with Gasteiger partial charge in [-0.25, -0.2) is 0 Å². The number of nitrogens with zero attached hydrogens (tertiary/aromatic N) is 1. The molecule has 0 saturated heterocycles. The van der Waals surface area contributed by atoms with Crippen LogP contribution in [0.15, 0.2) is 16.5 Å². The van der Waals surface area contributed by atoms with Gasteiger partial charge in [-0.3, -0.25) is 4.79 Å². The van der Waals surface area contributed by atoms with Crippen molar-refractivity contribution in [1.29, 1.82) is 0 Å². The highest BCUT2D eigenvalue weighted by molar-refractivity contribution is 5.91. The molecule has 3 heteroatoms. The summed E-state index contributed by atoms with van der Waals surface area (Å²) in [5.74, 6) is 1.18. The molecule has 3 nitrogen and oxygen atoms in total. The summed E-state index contributed by atoms with van der Waals surface area (Å²) in [6.45, 7) is 7.40. The topological polar surface area (TPSA) is 33.5 Å². The molecule has 1 aromatic rings. The molecule has 0 aliphatic heterocycles. The number of carbonyl (C=O) groups is 1. The number of rotatable bonds is 4. The molecular formula is C10H15NO2. The second-order valence-corrected chi connectivity index (χ2v) is 2.87. The summed E-state index contributed by atoms with van der Waals surface area (Å²) in [6, 6.07) is 3.56. The molecule has 0 atom stereocenters. The molecule has 0 bridgehead atoms. The maximum Gasteiger partial charge on any atom is 0.196 e. The first-order valence-corrected chi connectivity index (χ1v) is 4.54. The fourth-order valence-electron chi connectivity index (χ4n) is 1.22. The third-order valence-electron chi connectivity index (χ3n) is 2.01. The Morgan fingerprint density at radius 2 is 2.00 bits per heavy atom. The van der Waals surface area contributed by atoms with Gasteiger partial charge >= 0.3 is 0 Å². The molecule has 0 aromatic carbocycles. The Kier molecular flexibility index (Phi) is 3.12. The molecule has 1 heterocycles. The largest absolute Gasteiger partial charge is 0.437 e. The van der Waals surface area contributed by atoms with E-state index in [-0.39, 0.29) is 5.78 Å². The van der Waals surface area contributed by atoms with Crippen LogP contribution in [0.25, 0.3) is 0 Å². The van der Waals surface area contributed by atoms with Crippen molar-refractivity contribution in [3.8, 4) is 0 Å². The normalized spacial score (nSPS) is 10.1. The van der Waals surface area contributed by atoms with Gasteiger partial charge in [-0.1, -0.05) is 0 Å². The van der Waals surface area contributed by atoms with E-state index in [1.807, 2.05) is 6.07 Å². The molecule has 72 valence electrons. The summed E-state index contributed by atoms with van der Waals surface area (Å²) in [5, 5.41) is 0. The zero-order chi connectivity index (χ0) is 9.84. The predicted molar refractivity (Wildman–Crippen MR) is 52.3 cm³/mol. The Balaban J connectivity index is 2.84. The highest BCUT2D eigenvalue weighted by Crippen LogP contribution is 2.18. The lowest BCUT2D eigenvalue weighted by Gasteiger charge is -2.16. The molecule has 0 aliphatic carbocycles. The average Bonchev–Trinajstić information content (AvgIpc) is 2.56. The smallest absolute Gasteiger partial charge is 0.196 e. The van der Waals surface area contributed by atoms with E-state index in [4.69, 9.17) is 4.42 Å². The zero-order valence-corrected chi connectivity index (χ0v) is 8.33. The van der Waals surface area contributed by atoms with Gasteiger partial charge in [0.05, 0.1) is 0 Å². The lowest BCUT2D eigenvalue weighted by Crippen LogP contribution is -2.20. The molecule has 0 aliphatic rings. The Bertz CT molecular complexity index is 287. The molecule has 0 N–H and O–H groups in total. The highest BCUT2D eigenvalue weighted by atomic mass is 16.4. The van der Waals surface area contributed by atoms with Crippen molar-refractivity contribution in [3.05, 3.63) is 17.9 Å². The Morgan fingerprint density at radius 1 is 1.38 bits per heavy atom. The average molecular weight is 181 g/mol. The van der Waals surface area contributed by atoms with Crippen molar-refractivity contribution < 1.29 is 9.21 Å². The summed E-state index contributed by atoms with van der Waals surface area (Å²) in [5.41, 5.74) is 0. The molecular weight excluding hydrogens is 166 g/mol. The molecule has 0 radical (unpaired) electrons. The van der Waals surface area contributed by atoms with Crippen LogP contribution < -0.4 is 4.90 Å². The third-order valence-corrected chi connectivity index (χ3v) is 2.01. The number of carbonyl (C=O) groups excluding carboxylic acids is 1. The molecule has 0 fully saturated rings. The van der Waals surface area contributed by atoms with Gasteiger partial charge < -0.3 is 9.32 Å². The first-order valence-electron chi connectivity index (χ1n) is 4.54. The number of furan rings is 1. The first kappa shape index (κ1) is 9.84. The molecule has 1 aromatic heterocycles. The van der Waals surface area contributed by atoms with Gasteiger partial charge in [0.25, 0.3) is 0 Å². The van der Waals surface area contributed by atoms with Gasteiger partial charge in [0.2, 0.25) is 0 Å². The maximum atomic E-state index is 10.9. The quantitative estimate of drug-likeness (QED) is 0.668. The van der Waals surface area contributed by atoms with Crippen LogP contribution in [0.5, 0.6) is 0 Å². The second-order valence-electron chi connectivity index (χ2n) is 2.87. The third kappa shape index (κ3) is 2.11. The van der Waals surface area contributed by atoms with Gasteiger partial charge in [-0.05, 0) is 19.9 Å². The summed E-state index contributed by atoms with van der Waals surface area (Å²) in [7, 11) is 0. The second kappa shape index (κ2) is 4.12. The fourth-order valence-corrected chi connectivity index (χ4v) is 1.22. The summed E-state index contributed by atoms with van der Waals surface area (Å²) >= 11 is 0. The fraction of sp³-hybridized carbons (Fsp3) is 0.500. The van der Waals surface area contributed by atoms with Crippen molar-refractivity contribution in [2.45, 2.75) is 20.8 Å². The van der Waals surface area contributed by atoms with Crippen LogP contribution in [-0.2, 0) is 0 Å². The Labute approximate surface area is 78.3 Å². The van der Waals surface area contributed by atoms with Gasteiger partial charge in [0, 0.05) is 26.1 Å². The monoisotopic (exact) mass is 181 g/mol. The summed E-state index contributed by atoms with van der Waals surface area (Å²) < 4.78 is 5.37. The summed E-state index contributed by atoms with van der Waals surface area (Å²) in [6.07, 6.45) is 0. The molecule has 0 amide bonds. The molecule has 0 saturated carbocycles. The standard InChI is InChI=1S/C10H15NO2/c1-4-11(5-2)10-7-6-9(13-10)8(3)12/h6-7H,4-5H2,1-3H3. The van der Waals surface area contributed by atoms with E-state index < -0.39 is 0 Å². The highest BCUT2D eigenvalue weighted by Gasteiger charge is 2.09. The maximum absolute atomic E-state index is 10.9. The number of Topliss-reactive ketones (excluding diaryl/α,β-unsaturated/α-hetero) is 1. The van der Waals surface area contributed by atoms with Crippen LogP contribution in [0.4, 0.5) is 5.88 Å². The van der Waals surface area contributed by atoms with Gasteiger partial charge in [-0.2, -0.15) is 0 Å². The van der Waals surface area contributed by atoms with Crippen molar-refractivity contribution in [1.82, 2.24) is 0 Å². The van der Waals surface area contributed by atoms with Crippen molar-refractivity contribution >= 4 is 11.7 Å². The van der Waals surface area contributed by atoms with E-state index in [2.05, 4.69) is 18.7 Å². The number of hydrogen-bond acceptors (Lipinski definition) is 3. The minimum absolute atomic E-state index is 0.0293. The number of anilines is 1. The lowest BCUT2D eigenvalue weighted by molar-refractivity contribution is 0.0988. The minimum Gasteiger partial charge on any atom is -0.437 e. The van der Waals surface area contributed by atoms with E-state index in [0.29, 0.717) is 5.76 Å². The number of hydrogen-bond donors (Lipinski definition) is 0. The summed E-state index contributed by atoms with van der Waals surface area (Å²) in [4.78, 5) is 13.0. The van der Waals surface area contributed by atoms with Crippen LogP contribution in [0, 0.1) is 0 Å². The van der Waals surface area contributed by atoms with Crippen LogP contribution >= 0.6 is 0 Å². The Morgan fingerprint density at radius 3 is 2.38 bits per heavy atom. The van der Waals surface area contributed by atoms with E-state index in [9.17, 15) is 4.79 Å². The first-order chi connectivity index (χ1) is 6.19. The molecule has 1 rings (SSSR count). The van der Waals surface area contributed by atoms with Gasteiger partial charge in [0.1, 0.15) is 0 Å². The molecule has 0 spiro atoms. The lowest BCUT2D eigenvalue weighted by atomic mass is 10.3. The van der Waals surface area contributed by atoms with Crippen molar-refractivity contribution in [2.75, 3.05) is 18.0 Å². The van der Waals surface area contributed by atoms with Crippen LogP contribution in [-0.4, -0.2) is 18.9 Å². The van der Waals surface area contributed by atoms with E-state index >= 15 is 0 Å². The minimum atomic E-state index is -0.0293. The SMILES string of the molecule is CCN(CC)c1ccc(C(C)=O)o1. The Hall–Kier alpha value is -1.25. The molecule has 13 heavy (non-hydrogen) atoms. The van der Waals surface area contributed by atoms with E-state index in [0.717, 1.165) is 19.0 Å². The number of ketones is 1. The zero-order valence-electron chi connectivity index (χ0n) is 8.33. The van der Waals surface area contributed by atoms with E-state index in [1.165, 1.54) is 6.92 Å². The van der Waals surface area contributed by atoms with Crippen LogP contribution in [0.1, 0.15) is 31.3 Å². The van der Waals surface area contributed by atoms with Crippen LogP contribution in [0.2, 0.25) is 0 Å². The van der Waals surface area contributed by atoms with Crippen LogP contribution in [0.3, 0.4) is 0 Å². The van der Waals surface area contributed by atoms with Gasteiger partial charge in [-0.15, -0.1) is 0 Å². The van der Waals surface area contributed by atoms with E-state index in [1.54, 1.807) is 6.07 Å².